The first-order chi connectivity index (χ1) is 9.20. The van der Waals surface area contributed by atoms with Gasteiger partial charge in [-0.15, -0.1) is 0 Å². The Hall–Kier alpha value is -2.37. The van der Waals surface area contributed by atoms with Gasteiger partial charge in [0.05, 0.1) is 11.9 Å². The Morgan fingerprint density at radius 1 is 1.53 bits per heavy atom. The number of hydrogen-bond acceptors (Lipinski definition) is 4. The van der Waals surface area contributed by atoms with Gasteiger partial charge in [-0.2, -0.15) is 5.10 Å². The molecule has 1 aliphatic carbocycles. The first-order valence-corrected chi connectivity index (χ1v) is 6.26. The van der Waals surface area contributed by atoms with Crippen molar-refractivity contribution in [2.24, 2.45) is 5.92 Å². The van der Waals surface area contributed by atoms with Crippen molar-refractivity contribution in [1.82, 2.24) is 14.8 Å². The van der Waals surface area contributed by atoms with Gasteiger partial charge in [0.1, 0.15) is 5.82 Å². The van der Waals surface area contributed by atoms with Crippen LogP contribution in [0.4, 0.5) is 11.5 Å². The number of nitrogens with zero attached hydrogens (tertiary/aromatic N) is 3. The van der Waals surface area contributed by atoms with Crippen LogP contribution in [-0.4, -0.2) is 20.7 Å². The summed E-state index contributed by atoms with van der Waals surface area (Å²) in [4.78, 5) is 15.8. The van der Waals surface area contributed by atoms with Crippen LogP contribution < -0.4 is 11.1 Å². The van der Waals surface area contributed by atoms with Crippen molar-refractivity contribution < 1.29 is 4.79 Å². The van der Waals surface area contributed by atoms with Crippen molar-refractivity contribution in [2.75, 3.05) is 11.1 Å². The molecule has 2 aromatic rings. The molecule has 0 bridgehead atoms. The molecule has 98 valence electrons. The highest BCUT2D eigenvalue weighted by molar-refractivity contribution is 6.04. The molecule has 1 amide bonds. The largest absolute Gasteiger partial charge is 0.384 e. The van der Waals surface area contributed by atoms with E-state index in [2.05, 4.69) is 15.4 Å². The number of rotatable bonds is 4. The molecule has 0 atom stereocenters. The van der Waals surface area contributed by atoms with E-state index in [9.17, 15) is 4.79 Å². The number of nitrogens with one attached hydrogen (secondary N) is 1. The zero-order chi connectivity index (χ0) is 13.2. The summed E-state index contributed by atoms with van der Waals surface area (Å²) >= 11 is 0. The van der Waals surface area contributed by atoms with E-state index in [0.29, 0.717) is 17.1 Å². The predicted octanol–water partition coefficient (Wildman–Crippen LogP) is 1.52. The van der Waals surface area contributed by atoms with Crippen molar-refractivity contribution in [3.8, 4) is 0 Å². The van der Waals surface area contributed by atoms with E-state index in [0.717, 1.165) is 12.5 Å². The number of pyridine rings is 1. The third-order valence-electron chi connectivity index (χ3n) is 3.08. The number of anilines is 2. The monoisotopic (exact) mass is 257 g/mol. The van der Waals surface area contributed by atoms with Gasteiger partial charge in [0.2, 0.25) is 0 Å². The smallest absolute Gasteiger partial charge is 0.255 e. The minimum atomic E-state index is -0.208. The van der Waals surface area contributed by atoms with Crippen LogP contribution in [0.1, 0.15) is 23.2 Å². The quantitative estimate of drug-likeness (QED) is 0.869. The minimum Gasteiger partial charge on any atom is -0.384 e. The molecule has 0 radical (unpaired) electrons. The normalized spacial score (nSPS) is 14.3. The molecule has 1 fully saturated rings. The van der Waals surface area contributed by atoms with Crippen molar-refractivity contribution in [3.63, 3.8) is 0 Å². The minimum absolute atomic E-state index is 0.208. The van der Waals surface area contributed by atoms with E-state index >= 15 is 0 Å². The molecule has 2 aromatic heterocycles. The van der Waals surface area contributed by atoms with Gasteiger partial charge >= 0.3 is 0 Å². The molecule has 6 heteroatoms. The van der Waals surface area contributed by atoms with Crippen molar-refractivity contribution in [3.05, 3.63) is 36.3 Å². The fraction of sp³-hybridized carbons (Fsp3) is 0.308. The van der Waals surface area contributed by atoms with E-state index in [1.54, 1.807) is 18.3 Å². The lowest BCUT2D eigenvalue weighted by molar-refractivity contribution is 0.102. The molecule has 6 nitrogen and oxygen atoms in total. The molecule has 1 aliphatic rings. The summed E-state index contributed by atoms with van der Waals surface area (Å²) in [5, 5.41) is 7.02. The Bertz CT molecular complexity index is 603. The van der Waals surface area contributed by atoms with Crippen LogP contribution in [-0.2, 0) is 6.54 Å². The Kier molecular flexibility index (Phi) is 2.91. The van der Waals surface area contributed by atoms with Gasteiger partial charge in [0, 0.05) is 24.5 Å². The third kappa shape index (κ3) is 2.90. The van der Waals surface area contributed by atoms with Crippen LogP contribution in [0.25, 0.3) is 0 Å². The number of aromatic nitrogens is 3. The molecule has 3 N–H and O–H groups in total. The number of nitrogen functional groups attached to an aromatic ring is 1. The second-order valence-corrected chi connectivity index (χ2v) is 4.82. The molecule has 1 saturated carbocycles. The molecule has 19 heavy (non-hydrogen) atoms. The Morgan fingerprint density at radius 2 is 2.37 bits per heavy atom. The standard InChI is InChI=1S/C13H15N5O/c14-12-5-10(3-4-15-12)13(19)17-11-6-16-18(8-11)7-9-1-2-9/h3-6,8-9H,1-2,7H2,(H2,14,15)(H,17,19). The van der Waals surface area contributed by atoms with Crippen LogP contribution in [0.3, 0.4) is 0 Å². The van der Waals surface area contributed by atoms with E-state index < -0.39 is 0 Å². The first-order valence-electron chi connectivity index (χ1n) is 6.26. The number of nitrogens with two attached hydrogens (primary N) is 1. The lowest BCUT2D eigenvalue weighted by Gasteiger charge is -2.02. The zero-order valence-electron chi connectivity index (χ0n) is 10.4. The molecule has 0 spiro atoms. The summed E-state index contributed by atoms with van der Waals surface area (Å²) in [5.74, 6) is 0.876. The van der Waals surface area contributed by atoms with Crippen molar-refractivity contribution in [1.29, 1.82) is 0 Å². The van der Waals surface area contributed by atoms with E-state index in [4.69, 9.17) is 5.73 Å². The fourth-order valence-electron chi connectivity index (χ4n) is 1.89. The SMILES string of the molecule is Nc1cc(C(=O)Nc2cnn(CC3CC3)c2)ccn1. The summed E-state index contributed by atoms with van der Waals surface area (Å²) in [6.07, 6.45) is 7.57. The number of carbonyl (C=O) groups excluding carboxylic acids is 1. The summed E-state index contributed by atoms with van der Waals surface area (Å²) in [5.41, 5.74) is 6.73. The average molecular weight is 257 g/mol. The molecule has 0 unspecified atom stereocenters. The number of carbonyl (C=O) groups is 1. The summed E-state index contributed by atoms with van der Waals surface area (Å²) in [6, 6.07) is 3.17. The van der Waals surface area contributed by atoms with E-state index in [-0.39, 0.29) is 5.91 Å². The maximum absolute atomic E-state index is 12.0. The van der Waals surface area contributed by atoms with Gasteiger partial charge in [0.15, 0.2) is 0 Å². The molecular formula is C13H15N5O. The molecule has 3 rings (SSSR count). The Labute approximate surface area is 110 Å². The van der Waals surface area contributed by atoms with Crippen LogP contribution in [0.2, 0.25) is 0 Å². The van der Waals surface area contributed by atoms with Gasteiger partial charge in [0.25, 0.3) is 5.91 Å². The topological polar surface area (TPSA) is 85.8 Å². The zero-order valence-corrected chi connectivity index (χ0v) is 10.4. The molecule has 0 saturated heterocycles. The second kappa shape index (κ2) is 4.72. The molecular weight excluding hydrogens is 242 g/mol. The van der Waals surface area contributed by atoms with Gasteiger partial charge in [-0.3, -0.25) is 9.48 Å². The van der Waals surface area contributed by atoms with Crippen LogP contribution in [0.15, 0.2) is 30.7 Å². The number of hydrogen-bond donors (Lipinski definition) is 2. The summed E-state index contributed by atoms with van der Waals surface area (Å²) in [6.45, 7) is 0.929. The lowest BCUT2D eigenvalue weighted by Crippen LogP contribution is -2.12. The van der Waals surface area contributed by atoms with Crippen LogP contribution >= 0.6 is 0 Å². The lowest BCUT2D eigenvalue weighted by atomic mass is 10.2. The summed E-state index contributed by atoms with van der Waals surface area (Å²) < 4.78 is 1.87. The molecule has 2 heterocycles. The van der Waals surface area contributed by atoms with E-state index in [1.807, 2.05) is 10.9 Å². The fourth-order valence-corrected chi connectivity index (χ4v) is 1.89. The highest BCUT2D eigenvalue weighted by Crippen LogP contribution is 2.30. The predicted molar refractivity (Wildman–Crippen MR) is 71.6 cm³/mol. The maximum atomic E-state index is 12.0. The highest BCUT2D eigenvalue weighted by Gasteiger charge is 2.22. The van der Waals surface area contributed by atoms with Gasteiger partial charge in [-0.25, -0.2) is 4.98 Å². The summed E-state index contributed by atoms with van der Waals surface area (Å²) in [7, 11) is 0. The van der Waals surface area contributed by atoms with Crippen LogP contribution in [0, 0.1) is 5.92 Å². The van der Waals surface area contributed by atoms with Gasteiger partial charge in [-0.1, -0.05) is 0 Å². The first kappa shape index (κ1) is 11.7. The van der Waals surface area contributed by atoms with Gasteiger partial charge < -0.3 is 11.1 Å². The van der Waals surface area contributed by atoms with Crippen molar-refractivity contribution in [2.45, 2.75) is 19.4 Å². The van der Waals surface area contributed by atoms with E-state index in [1.165, 1.54) is 19.0 Å². The highest BCUT2D eigenvalue weighted by atomic mass is 16.1. The second-order valence-electron chi connectivity index (χ2n) is 4.82. The van der Waals surface area contributed by atoms with Crippen molar-refractivity contribution >= 4 is 17.4 Å². The average Bonchev–Trinajstić information content (AvgIpc) is 3.09. The molecule has 0 aliphatic heterocycles. The third-order valence-corrected chi connectivity index (χ3v) is 3.08. The maximum Gasteiger partial charge on any atom is 0.255 e. The van der Waals surface area contributed by atoms with Crippen LogP contribution in [0.5, 0.6) is 0 Å². The number of amides is 1. The molecule has 0 aromatic carbocycles. The Balaban J connectivity index is 1.66. The van der Waals surface area contributed by atoms with Gasteiger partial charge in [-0.05, 0) is 30.9 Å². The Morgan fingerprint density at radius 3 is 3.11 bits per heavy atom.